The molecule has 3 aliphatic rings. The molecule has 3 fully saturated rings. The van der Waals surface area contributed by atoms with Gasteiger partial charge in [0.05, 0.1) is 24.2 Å². The summed E-state index contributed by atoms with van der Waals surface area (Å²) in [6.07, 6.45) is 2.35. The number of nitrogens with two attached hydrogens (primary N) is 1. The lowest BCUT2D eigenvalue weighted by atomic mass is 10.0. The Bertz CT molecular complexity index is 833. The standard InChI is InChI=1S/C22H29N5O2/c1-14-5-7-16(8-6-14)15(2)27-18-10-20(22(27)29)25(12-18)13-19(24)21(28)26-9-3-4-17(26)11-23/h5-8,15,17-20H,3-4,9-10,12-13,24H2,1-2H3/t15-,17+,18+,19+,20+/m1/s1. The number of rotatable bonds is 5. The second-order valence-corrected chi connectivity index (χ2v) is 8.62. The molecule has 5 atom stereocenters. The van der Waals surface area contributed by atoms with Gasteiger partial charge < -0.3 is 15.5 Å². The van der Waals surface area contributed by atoms with Crippen LogP contribution in [0.4, 0.5) is 0 Å². The smallest absolute Gasteiger partial charge is 0.241 e. The fourth-order valence-corrected chi connectivity index (χ4v) is 5.11. The summed E-state index contributed by atoms with van der Waals surface area (Å²) in [5, 5.41) is 9.22. The van der Waals surface area contributed by atoms with E-state index in [1.54, 1.807) is 4.90 Å². The molecule has 3 saturated heterocycles. The number of aryl methyl sites for hydroxylation is 1. The fraction of sp³-hybridized carbons (Fsp3) is 0.591. The zero-order valence-corrected chi connectivity index (χ0v) is 17.1. The molecule has 0 aliphatic carbocycles. The third kappa shape index (κ3) is 3.52. The van der Waals surface area contributed by atoms with Crippen LogP contribution in [0.5, 0.6) is 0 Å². The van der Waals surface area contributed by atoms with E-state index in [9.17, 15) is 14.9 Å². The first kappa shape index (κ1) is 19.9. The summed E-state index contributed by atoms with van der Waals surface area (Å²) in [5.74, 6) is -0.0424. The highest BCUT2D eigenvalue weighted by atomic mass is 16.2. The Morgan fingerprint density at radius 1 is 1.34 bits per heavy atom. The Kier molecular flexibility index (Phi) is 5.32. The molecule has 3 aliphatic heterocycles. The number of benzene rings is 1. The average molecular weight is 396 g/mol. The molecule has 0 saturated carbocycles. The second kappa shape index (κ2) is 7.77. The van der Waals surface area contributed by atoms with Crippen LogP contribution in [0.15, 0.2) is 24.3 Å². The summed E-state index contributed by atoms with van der Waals surface area (Å²) in [6, 6.07) is 9.47. The first-order chi connectivity index (χ1) is 13.9. The lowest BCUT2D eigenvalue weighted by Gasteiger charge is -2.38. The number of amides is 2. The minimum atomic E-state index is -0.695. The highest BCUT2D eigenvalue weighted by molar-refractivity contribution is 5.87. The van der Waals surface area contributed by atoms with Crippen LogP contribution in [0, 0.1) is 18.3 Å². The molecule has 154 valence electrons. The summed E-state index contributed by atoms with van der Waals surface area (Å²) >= 11 is 0. The average Bonchev–Trinajstić information content (AvgIpc) is 3.41. The zero-order chi connectivity index (χ0) is 20.7. The van der Waals surface area contributed by atoms with Gasteiger partial charge in [-0.05, 0) is 38.7 Å². The van der Waals surface area contributed by atoms with Crippen LogP contribution < -0.4 is 5.73 Å². The van der Waals surface area contributed by atoms with E-state index in [2.05, 4.69) is 49.1 Å². The number of piperazine rings is 1. The van der Waals surface area contributed by atoms with Crippen molar-refractivity contribution in [2.45, 2.75) is 63.3 Å². The zero-order valence-electron chi connectivity index (χ0n) is 17.1. The van der Waals surface area contributed by atoms with Gasteiger partial charge in [-0.2, -0.15) is 5.26 Å². The van der Waals surface area contributed by atoms with E-state index in [1.165, 1.54) is 5.56 Å². The number of nitrogens with zero attached hydrogens (tertiary/aromatic N) is 4. The molecule has 2 bridgehead atoms. The molecule has 2 N–H and O–H groups in total. The Morgan fingerprint density at radius 2 is 2.07 bits per heavy atom. The van der Waals surface area contributed by atoms with Crippen molar-refractivity contribution >= 4 is 11.8 Å². The van der Waals surface area contributed by atoms with Gasteiger partial charge in [0.2, 0.25) is 11.8 Å². The molecule has 7 heteroatoms. The SMILES string of the molecule is Cc1ccc([C@@H](C)N2C(=O)[C@@H]3C[C@H]2CN3C[C@H](N)C(=O)N2CCC[C@H]2C#N)cc1. The van der Waals surface area contributed by atoms with Crippen molar-refractivity contribution < 1.29 is 9.59 Å². The third-order valence-corrected chi connectivity index (χ3v) is 6.72. The van der Waals surface area contributed by atoms with Crippen molar-refractivity contribution in [2.24, 2.45) is 5.73 Å². The van der Waals surface area contributed by atoms with Crippen molar-refractivity contribution in [3.05, 3.63) is 35.4 Å². The maximum absolute atomic E-state index is 13.1. The van der Waals surface area contributed by atoms with Crippen LogP contribution in [0.25, 0.3) is 0 Å². The van der Waals surface area contributed by atoms with Gasteiger partial charge in [0.1, 0.15) is 6.04 Å². The molecular formula is C22H29N5O2. The van der Waals surface area contributed by atoms with Crippen molar-refractivity contribution in [3.8, 4) is 6.07 Å². The Morgan fingerprint density at radius 3 is 2.72 bits per heavy atom. The van der Waals surface area contributed by atoms with Gasteiger partial charge in [0, 0.05) is 25.7 Å². The van der Waals surface area contributed by atoms with Crippen LogP contribution in [0.1, 0.15) is 43.4 Å². The van der Waals surface area contributed by atoms with E-state index in [4.69, 9.17) is 5.73 Å². The highest BCUT2D eigenvalue weighted by Crippen LogP contribution is 2.38. The molecule has 1 aromatic carbocycles. The predicted octanol–water partition coefficient (Wildman–Crippen LogP) is 1.18. The minimum Gasteiger partial charge on any atom is -0.330 e. The molecule has 29 heavy (non-hydrogen) atoms. The number of carbonyl (C=O) groups is 2. The number of nitriles is 1. The maximum Gasteiger partial charge on any atom is 0.241 e. The van der Waals surface area contributed by atoms with E-state index in [0.717, 1.165) is 24.9 Å². The summed E-state index contributed by atoms with van der Waals surface area (Å²) in [7, 11) is 0. The van der Waals surface area contributed by atoms with E-state index < -0.39 is 6.04 Å². The van der Waals surface area contributed by atoms with Gasteiger partial charge in [0.15, 0.2) is 0 Å². The van der Waals surface area contributed by atoms with Crippen LogP contribution >= 0.6 is 0 Å². The fourth-order valence-electron chi connectivity index (χ4n) is 5.11. The lowest BCUT2D eigenvalue weighted by molar-refractivity contribution is -0.140. The van der Waals surface area contributed by atoms with Gasteiger partial charge in [-0.25, -0.2) is 0 Å². The van der Waals surface area contributed by atoms with E-state index in [0.29, 0.717) is 19.5 Å². The molecule has 0 unspecified atom stereocenters. The van der Waals surface area contributed by atoms with Gasteiger partial charge >= 0.3 is 0 Å². The first-order valence-electron chi connectivity index (χ1n) is 10.5. The van der Waals surface area contributed by atoms with Gasteiger partial charge in [-0.15, -0.1) is 0 Å². The normalized spacial score (nSPS) is 28.6. The number of likely N-dealkylation sites (tertiary alicyclic amines) is 3. The summed E-state index contributed by atoms with van der Waals surface area (Å²) in [5.41, 5.74) is 8.55. The van der Waals surface area contributed by atoms with E-state index >= 15 is 0 Å². The predicted molar refractivity (Wildman–Crippen MR) is 109 cm³/mol. The lowest BCUT2D eigenvalue weighted by Crippen LogP contribution is -2.56. The largest absolute Gasteiger partial charge is 0.330 e. The van der Waals surface area contributed by atoms with Crippen LogP contribution in [-0.2, 0) is 9.59 Å². The third-order valence-electron chi connectivity index (χ3n) is 6.72. The van der Waals surface area contributed by atoms with Crippen molar-refractivity contribution in [3.63, 3.8) is 0 Å². The Labute approximate surface area is 172 Å². The first-order valence-corrected chi connectivity index (χ1v) is 10.5. The number of fused-ring (bicyclic) bond motifs is 2. The maximum atomic E-state index is 13.1. The highest BCUT2D eigenvalue weighted by Gasteiger charge is 2.51. The van der Waals surface area contributed by atoms with Crippen LogP contribution in [-0.4, -0.2) is 70.3 Å². The number of hydrogen-bond acceptors (Lipinski definition) is 5. The van der Waals surface area contributed by atoms with Gasteiger partial charge in [-0.3, -0.25) is 14.5 Å². The Hall–Kier alpha value is -2.43. The van der Waals surface area contributed by atoms with Crippen molar-refractivity contribution in [1.29, 1.82) is 5.26 Å². The molecule has 0 spiro atoms. The second-order valence-electron chi connectivity index (χ2n) is 8.62. The molecule has 1 aromatic rings. The molecule has 7 nitrogen and oxygen atoms in total. The van der Waals surface area contributed by atoms with E-state index in [-0.39, 0.29) is 36.0 Å². The molecule has 0 aromatic heterocycles. The van der Waals surface area contributed by atoms with Crippen LogP contribution in [0.3, 0.4) is 0 Å². The van der Waals surface area contributed by atoms with Gasteiger partial charge in [-0.1, -0.05) is 29.8 Å². The van der Waals surface area contributed by atoms with Crippen molar-refractivity contribution in [1.82, 2.24) is 14.7 Å². The summed E-state index contributed by atoms with van der Waals surface area (Å²) in [4.78, 5) is 31.4. The molecule has 2 amide bonds. The Balaban J connectivity index is 1.39. The van der Waals surface area contributed by atoms with E-state index in [1.807, 2.05) is 4.90 Å². The molecular weight excluding hydrogens is 366 g/mol. The number of carbonyl (C=O) groups excluding carboxylic acids is 2. The van der Waals surface area contributed by atoms with Crippen LogP contribution in [0.2, 0.25) is 0 Å². The molecule has 4 rings (SSSR count). The summed E-state index contributed by atoms with van der Waals surface area (Å²) in [6.45, 7) is 5.85. The van der Waals surface area contributed by atoms with Crippen molar-refractivity contribution in [2.75, 3.05) is 19.6 Å². The molecule has 0 radical (unpaired) electrons. The number of hydrogen-bond donors (Lipinski definition) is 1. The topological polar surface area (TPSA) is 93.7 Å². The monoisotopic (exact) mass is 395 g/mol. The quantitative estimate of drug-likeness (QED) is 0.808. The van der Waals surface area contributed by atoms with Gasteiger partial charge in [0.25, 0.3) is 0 Å². The minimum absolute atomic E-state index is 0.0385. The summed E-state index contributed by atoms with van der Waals surface area (Å²) < 4.78 is 0. The molecule has 3 heterocycles.